The molecule has 8 heteroatoms. The molecule has 0 fully saturated rings. The van der Waals surface area contributed by atoms with Crippen LogP contribution in [0.15, 0.2) is 48.5 Å². The van der Waals surface area contributed by atoms with Crippen molar-refractivity contribution >= 4 is 36.2 Å². The van der Waals surface area contributed by atoms with Gasteiger partial charge in [-0.15, -0.1) is 11.8 Å². The zero-order valence-corrected chi connectivity index (χ0v) is 20.0. The molecule has 2 aromatic rings. The first-order valence-electron chi connectivity index (χ1n) is 9.88. The van der Waals surface area contributed by atoms with E-state index in [1.807, 2.05) is 62.4 Å². The van der Waals surface area contributed by atoms with Gasteiger partial charge in [-0.05, 0) is 49.2 Å². The second kappa shape index (κ2) is 11.9. The lowest BCUT2D eigenvalue weighted by Crippen LogP contribution is -2.52. The Bertz CT molecular complexity index is 855. The molecule has 0 saturated heterocycles. The minimum Gasteiger partial charge on any atom is -0.497 e. The van der Waals surface area contributed by atoms with Gasteiger partial charge in [0.15, 0.2) is 0 Å². The Balaban J connectivity index is 1.87. The molecule has 31 heavy (non-hydrogen) atoms. The first-order valence-corrected chi connectivity index (χ1v) is 11.5. The molecule has 0 saturated carbocycles. The van der Waals surface area contributed by atoms with Crippen molar-refractivity contribution in [1.82, 2.24) is 10.6 Å². The summed E-state index contributed by atoms with van der Waals surface area (Å²) in [5.74, 6) is 1.95. The lowest BCUT2D eigenvalue weighted by molar-refractivity contribution is -0.129. The number of methoxy groups -OCH3 is 2. The van der Waals surface area contributed by atoms with Crippen molar-refractivity contribution in [2.45, 2.75) is 36.9 Å². The Morgan fingerprint density at radius 3 is 1.97 bits per heavy atom. The molecule has 0 radical (unpaired) electrons. The Morgan fingerprint density at radius 1 is 0.968 bits per heavy atom. The predicted molar refractivity (Wildman–Crippen MR) is 129 cm³/mol. The average molecular weight is 463 g/mol. The van der Waals surface area contributed by atoms with E-state index in [0.29, 0.717) is 12.3 Å². The topological polar surface area (TPSA) is 76.7 Å². The van der Waals surface area contributed by atoms with Gasteiger partial charge in [0.1, 0.15) is 17.5 Å². The number of hydrogen-bond donors (Lipinski definition) is 3. The molecular formula is C23H30N2O4S2. The molecule has 2 rings (SSSR count). The van der Waals surface area contributed by atoms with E-state index in [2.05, 4.69) is 23.3 Å². The Morgan fingerprint density at radius 2 is 1.48 bits per heavy atom. The van der Waals surface area contributed by atoms with Gasteiger partial charge in [-0.25, -0.2) is 0 Å². The number of thiol groups is 1. The monoisotopic (exact) mass is 462 g/mol. The van der Waals surface area contributed by atoms with Crippen molar-refractivity contribution in [3.63, 3.8) is 0 Å². The van der Waals surface area contributed by atoms with E-state index in [9.17, 15) is 9.59 Å². The molecule has 1 atom stereocenters. The summed E-state index contributed by atoms with van der Waals surface area (Å²) in [6.07, 6.45) is 0. The standard InChI is InChI=1S/C23H30N2O4S2/c1-23(2,31-15-17-7-11-19(29-4)12-8-17)22(27)25-20(14-30)21(26)24-13-16-5-9-18(28-3)10-6-16/h5-12,20,30H,13-15H2,1-4H3,(H,24,26)(H,25,27). The molecule has 168 valence electrons. The molecule has 0 aromatic heterocycles. The zero-order valence-electron chi connectivity index (χ0n) is 18.3. The third-order valence-electron chi connectivity index (χ3n) is 4.74. The SMILES string of the molecule is COc1ccc(CNC(=O)C(CS)NC(=O)C(C)(C)SCc2ccc(OC)cc2)cc1. The summed E-state index contributed by atoms with van der Waals surface area (Å²) in [4.78, 5) is 25.4. The van der Waals surface area contributed by atoms with Crippen LogP contribution in [0.1, 0.15) is 25.0 Å². The van der Waals surface area contributed by atoms with E-state index in [4.69, 9.17) is 9.47 Å². The van der Waals surface area contributed by atoms with Crippen LogP contribution in [0.25, 0.3) is 0 Å². The van der Waals surface area contributed by atoms with Crippen LogP contribution >= 0.6 is 24.4 Å². The van der Waals surface area contributed by atoms with Crippen molar-refractivity contribution < 1.29 is 19.1 Å². The summed E-state index contributed by atoms with van der Waals surface area (Å²) in [5.41, 5.74) is 2.03. The quantitative estimate of drug-likeness (QED) is 0.446. The van der Waals surface area contributed by atoms with Crippen LogP contribution < -0.4 is 20.1 Å². The lowest BCUT2D eigenvalue weighted by Gasteiger charge is -2.26. The van der Waals surface area contributed by atoms with Gasteiger partial charge in [-0.3, -0.25) is 9.59 Å². The summed E-state index contributed by atoms with van der Waals surface area (Å²) >= 11 is 5.76. The Labute approximate surface area is 193 Å². The molecule has 6 nitrogen and oxygen atoms in total. The van der Waals surface area contributed by atoms with Gasteiger partial charge < -0.3 is 20.1 Å². The van der Waals surface area contributed by atoms with Gasteiger partial charge in [0.2, 0.25) is 11.8 Å². The molecular weight excluding hydrogens is 432 g/mol. The number of carbonyl (C=O) groups is 2. The highest BCUT2D eigenvalue weighted by Crippen LogP contribution is 2.29. The van der Waals surface area contributed by atoms with Gasteiger partial charge in [0.25, 0.3) is 0 Å². The molecule has 2 amide bonds. The largest absolute Gasteiger partial charge is 0.497 e. The average Bonchev–Trinajstić information content (AvgIpc) is 2.80. The van der Waals surface area contributed by atoms with Crippen LogP contribution in [0, 0.1) is 0 Å². The summed E-state index contributed by atoms with van der Waals surface area (Å²) in [7, 11) is 3.23. The van der Waals surface area contributed by atoms with Gasteiger partial charge >= 0.3 is 0 Å². The maximum Gasteiger partial charge on any atom is 0.243 e. The van der Waals surface area contributed by atoms with E-state index < -0.39 is 10.8 Å². The van der Waals surface area contributed by atoms with Crippen molar-refractivity contribution in [2.24, 2.45) is 0 Å². The van der Waals surface area contributed by atoms with Gasteiger partial charge in [0, 0.05) is 18.1 Å². The number of amides is 2. The molecule has 1 unspecified atom stereocenters. The van der Waals surface area contributed by atoms with Crippen LogP contribution in [-0.4, -0.2) is 42.6 Å². The third-order valence-corrected chi connectivity index (χ3v) is 6.49. The summed E-state index contributed by atoms with van der Waals surface area (Å²) < 4.78 is 9.59. The van der Waals surface area contributed by atoms with E-state index in [0.717, 1.165) is 22.6 Å². The summed E-state index contributed by atoms with van der Waals surface area (Å²) in [5, 5.41) is 5.68. The molecule has 0 spiro atoms. The molecule has 0 heterocycles. The Hall–Kier alpha value is -2.32. The number of ether oxygens (including phenoxy) is 2. The maximum absolute atomic E-state index is 12.8. The normalized spacial score (nSPS) is 12.0. The first kappa shape index (κ1) is 24.9. The Kier molecular flexibility index (Phi) is 9.58. The molecule has 0 bridgehead atoms. The minimum atomic E-state index is -0.713. The van der Waals surface area contributed by atoms with E-state index in [-0.39, 0.29) is 17.6 Å². The van der Waals surface area contributed by atoms with Crippen LogP contribution in [0.2, 0.25) is 0 Å². The van der Waals surface area contributed by atoms with Crippen LogP contribution in [-0.2, 0) is 21.9 Å². The fourth-order valence-electron chi connectivity index (χ4n) is 2.63. The number of hydrogen-bond acceptors (Lipinski definition) is 6. The fraction of sp³-hybridized carbons (Fsp3) is 0.391. The van der Waals surface area contributed by atoms with Crippen molar-refractivity contribution in [3.05, 3.63) is 59.7 Å². The lowest BCUT2D eigenvalue weighted by atomic mass is 10.1. The van der Waals surface area contributed by atoms with Gasteiger partial charge in [-0.2, -0.15) is 12.6 Å². The minimum absolute atomic E-state index is 0.204. The third kappa shape index (κ3) is 7.70. The molecule has 2 N–H and O–H groups in total. The molecule has 2 aromatic carbocycles. The number of nitrogens with one attached hydrogen (secondary N) is 2. The predicted octanol–water partition coefficient (Wildman–Crippen LogP) is 3.45. The molecule has 0 aliphatic rings. The zero-order chi connectivity index (χ0) is 22.9. The van der Waals surface area contributed by atoms with Crippen molar-refractivity contribution in [3.8, 4) is 11.5 Å². The number of benzene rings is 2. The van der Waals surface area contributed by atoms with Crippen molar-refractivity contribution in [1.29, 1.82) is 0 Å². The summed E-state index contributed by atoms with van der Waals surface area (Å²) in [6.45, 7) is 4.06. The molecule has 0 aliphatic carbocycles. The van der Waals surface area contributed by atoms with Crippen LogP contribution in [0.4, 0.5) is 0 Å². The molecule has 0 aliphatic heterocycles. The highest BCUT2D eigenvalue weighted by molar-refractivity contribution is 8.00. The number of carbonyl (C=O) groups excluding carboxylic acids is 2. The number of thioether (sulfide) groups is 1. The number of rotatable bonds is 11. The van der Waals surface area contributed by atoms with E-state index in [1.165, 1.54) is 11.8 Å². The van der Waals surface area contributed by atoms with Gasteiger partial charge in [-0.1, -0.05) is 24.3 Å². The van der Waals surface area contributed by atoms with E-state index >= 15 is 0 Å². The second-order valence-corrected chi connectivity index (χ2v) is 9.38. The maximum atomic E-state index is 12.8. The van der Waals surface area contributed by atoms with Gasteiger partial charge in [0.05, 0.1) is 19.0 Å². The van der Waals surface area contributed by atoms with Crippen molar-refractivity contribution in [2.75, 3.05) is 20.0 Å². The second-order valence-electron chi connectivity index (χ2n) is 7.42. The van der Waals surface area contributed by atoms with Crippen LogP contribution in [0.3, 0.4) is 0 Å². The fourth-order valence-corrected chi connectivity index (χ4v) is 3.80. The summed E-state index contributed by atoms with van der Waals surface area (Å²) in [6, 6.07) is 14.5. The van der Waals surface area contributed by atoms with Crippen LogP contribution in [0.5, 0.6) is 11.5 Å². The smallest absolute Gasteiger partial charge is 0.243 e. The highest BCUT2D eigenvalue weighted by Gasteiger charge is 2.31. The first-order chi connectivity index (χ1) is 14.8. The highest BCUT2D eigenvalue weighted by atomic mass is 32.2. The van der Waals surface area contributed by atoms with E-state index in [1.54, 1.807) is 14.2 Å².